The zero-order chi connectivity index (χ0) is 11.3. The molecule has 1 N–H and O–H groups in total. The second-order valence-electron chi connectivity index (χ2n) is 4.07. The fraction of sp³-hybridized carbons (Fsp3) is 0.538. The van der Waals surface area contributed by atoms with Crippen LogP contribution in [0.15, 0.2) is 24.3 Å². The highest BCUT2D eigenvalue weighted by Gasteiger charge is 2.08. The lowest BCUT2D eigenvalue weighted by molar-refractivity contribution is 0.104. The summed E-state index contributed by atoms with van der Waals surface area (Å²) in [4.78, 5) is 0. The Balaban J connectivity index is 2.67. The highest BCUT2D eigenvalue weighted by Crippen LogP contribution is 2.25. The van der Waals surface area contributed by atoms with Gasteiger partial charge in [0.05, 0.1) is 6.10 Å². The number of hydrogen-bond acceptors (Lipinski definition) is 2. The molecule has 0 saturated carbocycles. The van der Waals surface area contributed by atoms with E-state index in [4.69, 9.17) is 4.74 Å². The van der Waals surface area contributed by atoms with Gasteiger partial charge in [0.25, 0.3) is 0 Å². The van der Waals surface area contributed by atoms with Gasteiger partial charge in [-0.15, -0.1) is 0 Å². The van der Waals surface area contributed by atoms with E-state index in [1.807, 2.05) is 25.1 Å². The summed E-state index contributed by atoms with van der Waals surface area (Å²) in [6.45, 7) is 6.60. The first-order valence-electron chi connectivity index (χ1n) is 5.55. The van der Waals surface area contributed by atoms with Crippen molar-refractivity contribution in [3.8, 4) is 5.75 Å². The summed E-state index contributed by atoms with van der Waals surface area (Å²) in [5.41, 5.74) is 1.20. The number of aliphatic hydroxyl groups is 1. The van der Waals surface area contributed by atoms with Crippen LogP contribution in [0, 0.1) is 0 Å². The van der Waals surface area contributed by atoms with Crippen LogP contribution in [-0.2, 0) is 0 Å². The average Bonchev–Trinajstić information content (AvgIpc) is 2.26. The second kappa shape index (κ2) is 5.76. The van der Waals surface area contributed by atoms with Crippen LogP contribution in [0.4, 0.5) is 0 Å². The minimum Gasteiger partial charge on any atom is -0.491 e. The molecule has 2 heteroatoms. The number of para-hydroxylation sites is 1. The van der Waals surface area contributed by atoms with Crippen LogP contribution in [0.3, 0.4) is 0 Å². The third-order valence-electron chi connectivity index (χ3n) is 2.44. The molecular formula is C13H20O2. The smallest absolute Gasteiger partial charge is 0.122 e. The van der Waals surface area contributed by atoms with Crippen LogP contribution in [0.1, 0.15) is 38.7 Å². The molecule has 15 heavy (non-hydrogen) atoms. The minimum absolute atomic E-state index is 0.370. The maximum absolute atomic E-state index is 9.42. The van der Waals surface area contributed by atoms with E-state index in [0.717, 1.165) is 12.2 Å². The third kappa shape index (κ3) is 3.56. The van der Waals surface area contributed by atoms with E-state index in [0.29, 0.717) is 12.5 Å². The van der Waals surface area contributed by atoms with E-state index in [1.54, 1.807) is 0 Å². The molecule has 1 aromatic rings. The minimum atomic E-state index is -0.370. The van der Waals surface area contributed by atoms with Gasteiger partial charge >= 0.3 is 0 Å². The lowest BCUT2D eigenvalue weighted by Crippen LogP contribution is -2.16. The Bertz CT molecular complexity index is 294. The van der Waals surface area contributed by atoms with Crippen LogP contribution in [-0.4, -0.2) is 17.8 Å². The number of aliphatic hydroxyl groups excluding tert-OH is 1. The molecule has 0 bridgehead atoms. The maximum atomic E-state index is 9.42. The van der Waals surface area contributed by atoms with Crippen molar-refractivity contribution in [3.05, 3.63) is 29.8 Å². The molecule has 0 saturated heterocycles. The molecule has 0 aliphatic heterocycles. The predicted molar refractivity (Wildman–Crippen MR) is 62.3 cm³/mol. The second-order valence-corrected chi connectivity index (χ2v) is 4.07. The molecule has 84 valence electrons. The van der Waals surface area contributed by atoms with Gasteiger partial charge in [-0.2, -0.15) is 0 Å². The molecular weight excluding hydrogens is 188 g/mol. The molecule has 2 nitrogen and oxygen atoms in total. The molecule has 0 aliphatic rings. The van der Waals surface area contributed by atoms with Gasteiger partial charge < -0.3 is 9.84 Å². The van der Waals surface area contributed by atoms with Crippen molar-refractivity contribution >= 4 is 0 Å². The molecule has 1 atom stereocenters. The molecule has 0 radical (unpaired) electrons. The summed E-state index contributed by atoms with van der Waals surface area (Å²) in [6, 6.07) is 7.99. The summed E-state index contributed by atoms with van der Waals surface area (Å²) < 4.78 is 5.60. The van der Waals surface area contributed by atoms with Crippen LogP contribution >= 0.6 is 0 Å². The molecule has 0 amide bonds. The average molecular weight is 208 g/mol. The van der Waals surface area contributed by atoms with Gasteiger partial charge in [0.2, 0.25) is 0 Å². The summed E-state index contributed by atoms with van der Waals surface area (Å²) in [5, 5.41) is 9.42. The summed E-state index contributed by atoms with van der Waals surface area (Å²) >= 11 is 0. The van der Waals surface area contributed by atoms with Gasteiger partial charge in [-0.1, -0.05) is 39.0 Å². The van der Waals surface area contributed by atoms with Crippen LogP contribution in [0.2, 0.25) is 0 Å². The normalized spacial score (nSPS) is 12.9. The SMILES string of the molecule is CC[C@H](O)COc1ccccc1C(C)C. The predicted octanol–water partition coefficient (Wildman–Crippen LogP) is 2.96. The number of rotatable bonds is 5. The van der Waals surface area contributed by atoms with E-state index >= 15 is 0 Å². The topological polar surface area (TPSA) is 29.5 Å². The Kier molecular flexibility index (Phi) is 4.63. The maximum Gasteiger partial charge on any atom is 0.122 e. The van der Waals surface area contributed by atoms with E-state index in [1.165, 1.54) is 5.56 Å². The monoisotopic (exact) mass is 208 g/mol. The standard InChI is InChI=1S/C13H20O2/c1-4-11(14)9-15-13-8-6-5-7-12(13)10(2)3/h5-8,10-11,14H,4,9H2,1-3H3/t11-/m0/s1. The van der Waals surface area contributed by atoms with Crippen molar-refractivity contribution in [2.75, 3.05) is 6.61 Å². The highest BCUT2D eigenvalue weighted by molar-refractivity contribution is 5.35. The van der Waals surface area contributed by atoms with Gasteiger partial charge in [0.15, 0.2) is 0 Å². The Labute approximate surface area is 91.9 Å². The van der Waals surface area contributed by atoms with Crippen molar-refractivity contribution in [2.24, 2.45) is 0 Å². The zero-order valence-electron chi connectivity index (χ0n) is 9.73. The number of hydrogen-bond donors (Lipinski definition) is 1. The lowest BCUT2D eigenvalue weighted by atomic mass is 10.0. The molecule has 0 fully saturated rings. The molecule has 0 aromatic heterocycles. The summed E-state index contributed by atoms with van der Waals surface area (Å²) in [5.74, 6) is 1.33. The van der Waals surface area contributed by atoms with Crippen LogP contribution in [0.25, 0.3) is 0 Å². The fourth-order valence-corrected chi connectivity index (χ4v) is 1.39. The molecule has 0 aliphatic carbocycles. The van der Waals surface area contributed by atoms with Crippen molar-refractivity contribution in [2.45, 2.75) is 39.2 Å². The third-order valence-corrected chi connectivity index (χ3v) is 2.44. The van der Waals surface area contributed by atoms with Gasteiger partial charge in [-0.3, -0.25) is 0 Å². The van der Waals surface area contributed by atoms with E-state index in [2.05, 4.69) is 19.9 Å². The van der Waals surface area contributed by atoms with Gasteiger partial charge in [0, 0.05) is 0 Å². The van der Waals surface area contributed by atoms with Gasteiger partial charge in [-0.25, -0.2) is 0 Å². The zero-order valence-corrected chi connectivity index (χ0v) is 9.73. The van der Waals surface area contributed by atoms with E-state index in [-0.39, 0.29) is 6.10 Å². The highest BCUT2D eigenvalue weighted by atomic mass is 16.5. The fourth-order valence-electron chi connectivity index (χ4n) is 1.39. The van der Waals surface area contributed by atoms with Crippen LogP contribution in [0.5, 0.6) is 5.75 Å². The van der Waals surface area contributed by atoms with Crippen molar-refractivity contribution < 1.29 is 9.84 Å². The first-order chi connectivity index (χ1) is 7.15. The Morgan fingerprint density at radius 3 is 2.53 bits per heavy atom. The van der Waals surface area contributed by atoms with Crippen molar-refractivity contribution in [1.82, 2.24) is 0 Å². The lowest BCUT2D eigenvalue weighted by Gasteiger charge is -2.15. The molecule has 0 heterocycles. The Morgan fingerprint density at radius 2 is 1.93 bits per heavy atom. The first-order valence-corrected chi connectivity index (χ1v) is 5.55. The van der Waals surface area contributed by atoms with Gasteiger partial charge in [-0.05, 0) is 24.0 Å². The van der Waals surface area contributed by atoms with Crippen molar-refractivity contribution in [1.29, 1.82) is 0 Å². The van der Waals surface area contributed by atoms with Crippen molar-refractivity contribution in [3.63, 3.8) is 0 Å². The Morgan fingerprint density at radius 1 is 1.27 bits per heavy atom. The first kappa shape index (κ1) is 12.1. The quantitative estimate of drug-likeness (QED) is 0.806. The largest absolute Gasteiger partial charge is 0.491 e. The van der Waals surface area contributed by atoms with E-state index < -0.39 is 0 Å². The number of ether oxygens (including phenoxy) is 1. The van der Waals surface area contributed by atoms with Crippen LogP contribution < -0.4 is 4.74 Å². The Hall–Kier alpha value is -1.02. The molecule has 0 spiro atoms. The van der Waals surface area contributed by atoms with E-state index in [9.17, 15) is 5.11 Å². The molecule has 0 unspecified atom stereocenters. The van der Waals surface area contributed by atoms with Gasteiger partial charge in [0.1, 0.15) is 12.4 Å². The summed E-state index contributed by atoms with van der Waals surface area (Å²) in [6.07, 6.45) is 0.356. The number of benzene rings is 1. The molecule has 1 aromatic carbocycles. The molecule has 1 rings (SSSR count). The summed E-state index contributed by atoms with van der Waals surface area (Å²) in [7, 11) is 0.